The minimum atomic E-state index is -0.913. The number of carbonyl (C=O) groups is 1. The molecule has 2 unspecified atom stereocenters. The van der Waals surface area contributed by atoms with Crippen LogP contribution in [0.1, 0.15) is 38.3 Å². The second-order valence-electron chi connectivity index (χ2n) is 7.88. The Hall–Kier alpha value is -2.56. The van der Waals surface area contributed by atoms with Gasteiger partial charge in [-0.1, -0.05) is 32.0 Å². The molecule has 2 atom stereocenters. The predicted octanol–water partition coefficient (Wildman–Crippen LogP) is 5.21. The molecule has 0 aromatic heterocycles. The lowest BCUT2D eigenvalue weighted by Gasteiger charge is -2.37. The molecule has 0 saturated heterocycles. The number of halogens is 2. The number of hydrogen-bond donors (Lipinski definition) is 1. The largest absolute Gasteiger partial charge is 0.375 e. The number of aliphatic imine (C=N–C) groups is 1. The van der Waals surface area contributed by atoms with E-state index in [1.807, 2.05) is 24.3 Å². The van der Waals surface area contributed by atoms with Crippen LogP contribution >= 0.6 is 0 Å². The molecule has 1 aliphatic carbocycles. The highest BCUT2D eigenvalue weighted by molar-refractivity contribution is 6.10. The number of rotatable bonds is 1. The normalized spacial score (nSPS) is 24.0. The van der Waals surface area contributed by atoms with Crippen LogP contribution in [0.3, 0.4) is 0 Å². The van der Waals surface area contributed by atoms with Gasteiger partial charge < -0.3 is 5.32 Å². The number of fused-ring (bicyclic) bond motifs is 2. The first-order chi connectivity index (χ1) is 12.3. The summed E-state index contributed by atoms with van der Waals surface area (Å²) >= 11 is 0. The molecule has 0 amide bonds. The van der Waals surface area contributed by atoms with Gasteiger partial charge in [0.25, 0.3) is 0 Å². The summed E-state index contributed by atoms with van der Waals surface area (Å²) in [7, 11) is 0. The van der Waals surface area contributed by atoms with Crippen LogP contribution in [0.4, 0.5) is 20.2 Å². The van der Waals surface area contributed by atoms with Crippen LogP contribution in [0, 0.1) is 23.0 Å². The van der Waals surface area contributed by atoms with E-state index in [9.17, 15) is 13.6 Å². The molecule has 4 rings (SSSR count). The highest BCUT2D eigenvalue weighted by atomic mass is 19.2. The fraction of sp³-hybridized carbons (Fsp3) is 0.333. The maximum Gasteiger partial charge on any atom is 0.159 e. The lowest BCUT2D eigenvalue weighted by atomic mass is 9.68. The van der Waals surface area contributed by atoms with Crippen molar-refractivity contribution in [3.63, 3.8) is 0 Å². The second-order valence-corrected chi connectivity index (χ2v) is 7.88. The van der Waals surface area contributed by atoms with Crippen molar-refractivity contribution in [3.8, 4) is 0 Å². The summed E-state index contributed by atoms with van der Waals surface area (Å²) in [6, 6.07) is 10.9. The average Bonchev–Trinajstić information content (AvgIpc) is 2.72. The molecule has 1 aliphatic heterocycles. The third-order valence-corrected chi connectivity index (χ3v) is 5.13. The van der Waals surface area contributed by atoms with Gasteiger partial charge in [-0.2, -0.15) is 0 Å². The van der Waals surface area contributed by atoms with Crippen LogP contribution in [-0.2, 0) is 4.79 Å². The first kappa shape index (κ1) is 16.9. The number of hydrogen-bond acceptors (Lipinski definition) is 3. The highest BCUT2D eigenvalue weighted by Gasteiger charge is 2.44. The zero-order valence-electron chi connectivity index (χ0n) is 14.7. The lowest BCUT2D eigenvalue weighted by molar-refractivity contribution is -0.124. The van der Waals surface area contributed by atoms with Gasteiger partial charge in [0, 0.05) is 12.1 Å². The molecule has 0 bridgehead atoms. The van der Waals surface area contributed by atoms with Gasteiger partial charge in [-0.3, -0.25) is 9.79 Å². The number of carbonyl (C=O) groups excluding carboxylic acids is 1. The number of nitrogens with one attached hydrogen (secondary N) is 1. The van der Waals surface area contributed by atoms with Crippen LogP contribution in [0.15, 0.2) is 47.5 Å². The van der Waals surface area contributed by atoms with E-state index >= 15 is 0 Å². The fourth-order valence-electron chi connectivity index (χ4n) is 4.00. The molecule has 26 heavy (non-hydrogen) atoms. The molecular formula is C21H20F2N2O. The number of para-hydroxylation sites is 2. The summed E-state index contributed by atoms with van der Waals surface area (Å²) in [5.41, 5.74) is 2.74. The lowest BCUT2D eigenvalue weighted by Crippen LogP contribution is -2.42. The van der Waals surface area contributed by atoms with Crippen LogP contribution in [0.2, 0.25) is 0 Å². The van der Waals surface area contributed by atoms with Crippen molar-refractivity contribution >= 4 is 22.9 Å². The Morgan fingerprint density at radius 1 is 1.08 bits per heavy atom. The molecule has 1 fully saturated rings. The van der Waals surface area contributed by atoms with E-state index in [1.165, 1.54) is 12.1 Å². The molecule has 3 nitrogen and oxygen atoms in total. The molecule has 0 spiro atoms. The Kier molecular flexibility index (Phi) is 3.90. The molecular weight excluding hydrogens is 334 g/mol. The van der Waals surface area contributed by atoms with Gasteiger partial charge in [0.1, 0.15) is 5.78 Å². The summed E-state index contributed by atoms with van der Waals surface area (Å²) in [4.78, 5) is 17.8. The van der Waals surface area contributed by atoms with Gasteiger partial charge in [-0.15, -0.1) is 0 Å². The number of ketones is 1. The van der Waals surface area contributed by atoms with Gasteiger partial charge in [-0.05, 0) is 41.7 Å². The van der Waals surface area contributed by atoms with Crippen molar-refractivity contribution in [2.24, 2.45) is 16.3 Å². The number of anilines is 1. The van der Waals surface area contributed by atoms with Crippen molar-refractivity contribution < 1.29 is 13.6 Å². The van der Waals surface area contributed by atoms with Gasteiger partial charge in [0.15, 0.2) is 11.6 Å². The molecule has 2 aliphatic rings. The van der Waals surface area contributed by atoms with Crippen molar-refractivity contribution in [2.45, 2.75) is 32.7 Å². The van der Waals surface area contributed by atoms with Crippen molar-refractivity contribution in [1.82, 2.24) is 0 Å². The maximum absolute atomic E-state index is 13.9. The van der Waals surface area contributed by atoms with E-state index in [1.54, 1.807) is 0 Å². The third kappa shape index (κ3) is 2.91. The quantitative estimate of drug-likeness (QED) is 0.764. The third-order valence-electron chi connectivity index (χ3n) is 5.13. The number of Topliss-reactive ketones (excluding diaryl/α,β-unsaturated/α-hetero) is 1. The minimum absolute atomic E-state index is 0.0787. The molecule has 1 saturated carbocycles. The number of benzene rings is 2. The Morgan fingerprint density at radius 2 is 1.85 bits per heavy atom. The van der Waals surface area contributed by atoms with Crippen molar-refractivity contribution in [1.29, 1.82) is 0 Å². The smallest absolute Gasteiger partial charge is 0.159 e. The minimum Gasteiger partial charge on any atom is -0.375 e. The number of nitrogens with zero attached hydrogens (tertiary/aromatic N) is 1. The zero-order chi connectivity index (χ0) is 18.5. The molecule has 134 valence electrons. The van der Waals surface area contributed by atoms with Crippen molar-refractivity contribution in [3.05, 3.63) is 59.7 Å². The summed E-state index contributed by atoms with van der Waals surface area (Å²) in [5, 5.41) is 3.35. The van der Waals surface area contributed by atoms with E-state index < -0.39 is 23.6 Å². The summed E-state index contributed by atoms with van der Waals surface area (Å²) in [6.07, 6.45) is 1.13. The van der Waals surface area contributed by atoms with Crippen LogP contribution < -0.4 is 5.32 Å². The molecule has 1 N–H and O–H groups in total. The van der Waals surface area contributed by atoms with Crippen LogP contribution in [0.5, 0.6) is 0 Å². The monoisotopic (exact) mass is 354 g/mol. The molecule has 1 heterocycles. The van der Waals surface area contributed by atoms with E-state index in [4.69, 9.17) is 4.99 Å². The highest BCUT2D eigenvalue weighted by Crippen LogP contribution is 2.45. The standard InChI is InChI=1S/C21H20F2N2O/c1-21(2)10-17-19(18(26)11-21)20(12-7-8-13(22)14(23)9-12)25-16-6-4-3-5-15(16)24-17/h3-9,19-20,25H,10-11H2,1-2H3. The molecule has 2 aromatic rings. The first-order valence-corrected chi connectivity index (χ1v) is 8.75. The predicted molar refractivity (Wildman–Crippen MR) is 97.8 cm³/mol. The maximum atomic E-state index is 13.9. The Bertz CT molecular complexity index is 920. The topological polar surface area (TPSA) is 41.5 Å². The van der Waals surface area contributed by atoms with Gasteiger partial charge >= 0.3 is 0 Å². The fourth-order valence-corrected chi connectivity index (χ4v) is 4.00. The van der Waals surface area contributed by atoms with E-state index in [0.717, 1.165) is 23.2 Å². The van der Waals surface area contributed by atoms with E-state index in [0.29, 0.717) is 18.4 Å². The van der Waals surface area contributed by atoms with E-state index in [2.05, 4.69) is 19.2 Å². The van der Waals surface area contributed by atoms with Gasteiger partial charge in [0.2, 0.25) is 0 Å². The average molecular weight is 354 g/mol. The van der Waals surface area contributed by atoms with Gasteiger partial charge in [0.05, 0.1) is 23.3 Å². The summed E-state index contributed by atoms with van der Waals surface area (Å²) in [6.45, 7) is 4.11. The van der Waals surface area contributed by atoms with Crippen LogP contribution in [-0.4, -0.2) is 11.5 Å². The summed E-state index contributed by atoms with van der Waals surface area (Å²) < 4.78 is 27.3. The molecule has 5 heteroatoms. The van der Waals surface area contributed by atoms with Crippen molar-refractivity contribution in [2.75, 3.05) is 5.32 Å². The molecule has 0 radical (unpaired) electrons. The van der Waals surface area contributed by atoms with Crippen LogP contribution in [0.25, 0.3) is 0 Å². The Balaban J connectivity index is 1.87. The Labute approximate surface area is 151 Å². The Morgan fingerprint density at radius 3 is 2.62 bits per heavy atom. The zero-order valence-corrected chi connectivity index (χ0v) is 14.7. The van der Waals surface area contributed by atoms with Gasteiger partial charge in [-0.25, -0.2) is 8.78 Å². The SMILES string of the molecule is CC1(C)CC(=O)C2C(=Nc3ccccc3NC2c2ccc(F)c(F)c2)C1. The molecule has 2 aromatic carbocycles. The van der Waals surface area contributed by atoms with E-state index in [-0.39, 0.29) is 11.2 Å². The summed E-state index contributed by atoms with van der Waals surface area (Å²) in [5.74, 6) is -2.22. The first-order valence-electron chi connectivity index (χ1n) is 8.75. The second kappa shape index (κ2) is 6.01.